The molecule has 0 saturated carbocycles. The Morgan fingerprint density at radius 2 is 2.00 bits per heavy atom. The van der Waals surface area contributed by atoms with Crippen molar-refractivity contribution in [2.75, 3.05) is 0 Å². The van der Waals surface area contributed by atoms with Crippen LogP contribution in [0.2, 0.25) is 0 Å². The molecule has 0 unspecified atom stereocenters. The van der Waals surface area contributed by atoms with Crippen LogP contribution in [-0.2, 0) is 0 Å². The van der Waals surface area contributed by atoms with E-state index in [0.717, 1.165) is 9.26 Å². The van der Waals surface area contributed by atoms with E-state index in [0.29, 0.717) is 11.0 Å². The van der Waals surface area contributed by atoms with Gasteiger partial charge < -0.3 is 5.11 Å². The van der Waals surface area contributed by atoms with Crippen molar-refractivity contribution in [2.45, 2.75) is 0 Å². The molecule has 1 aromatic heterocycles. The van der Waals surface area contributed by atoms with Crippen LogP contribution >= 0.6 is 22.6 Å². The van der Waals surface area contributed by atoms with E-state index < -0.39 is 5.97 Å². The van der Waals surface area contributed by atoms with Crippen molar-refractivity contribution in [1.82, 2.24) is 15.0 Å². The predicted molar refractivity (Wildman–Crippen MR) is 78.5 cm³/mol. The number of nitrogens with zero attached hydrogens (tertiary/aromatic N) is 3. The summed E-state index contributed by atoms with van der Waals surface area (Å²) in [5, 5.41) is 17.2. The van der Waals surface area contributed by atoms with Gasteiger partial charge in [-0.05, 0) is 52.9 Å². The van der Waals surface area contributed by atoms with Crippen LogP contribution in [-0.4, -0.2) is 26.1 Å². The van der Waals surface area contributed by atoms with Crippen molar-refractivity contribution in [3.05, 3.63) is 51.6 Å². The number of aromatic carboxylic acids is 1. The first kappa shape index (κ1) is 12.1. The number of hydrogen-bond acceptors (Lipinski definition) is 3. The summed E-state index contributed by atoms with van der Waals surface area (Å²) in [4.78, 5) is 11.1. The zero-order valence-electron chi connectivity index (χ0n) is 9.62. The minimum absolute atomic E-state index is 0.161. The van der Waals surface area contributed by atoms with Gasteiger partial charge in [0.05, 0.1) is 16.8 Å². The fourth-order valence-corrected chi connectivity index (χ4v) is 2.44. The molecule has 0 aliphatic carbocycles. The molecular weight excluding hydrogens is 357 g/mol. The van der Waals surface area contributed by atoms with E-state index in [2.05, 4.69) is 32.9 Å². The zero-order chi connectivity index (χ0) is 13.4. The monoisotopic (exact) mass is 365 g/mol. The van der Waals surface area contributed by atoms with E-state index in [1.807, 2.05) is 30.3 Å². The molecule has 3 rings (SSSR count). The maximum Gasteiger partial charge on any atom is 0.338 e. The van der Waals surface area contributed by atoms with Crippen LogP contribution in [0.1, 0.15) is 10.4 Å². The summed E-state index contributed by atoms with van der Waals surface area (Å²) in [6.07, 6.45) is 0. The fourth-order valence-electron chi connectivity index (χ4n) is 1.92. The van der Waals surface area contributed by atoms with E-state index in [1.165, 1.54) is 6.07 Å². The molecule has 94 valence electrons. The molecule has 5 nitrogen and oxygen atoms in total. The average Bonchev–Trinajstić information content (AvgIpc) is 2.82. The second-order valence-electron chi connectivity index (χ2n) is 3.96. The lowest BCUT2D eigenvalue weighted by Crippen LogP contribution is -1.98. The second-order valence-corrected chi connectivity index (χ2v) is 5.21. The zero-order valence-corrected chi connectivity index (χ0v) is 11.8. The molecular formula is C13H8IN3O2. The summed E-state index contributed by atoms with van der Waals surface area (Å²) in [5.41, 5.74) is 2.10. The van der Waals surface area contributed by atoms with Crippen molar-refractivity contribution < 1.29 is 9.90 Å². The van der Waals surface area contributed by atoms with E-state index >= 15 is 0 Å². The van der Waals surface area contributed by atoms with Crippen LogP contribution in [0.25, 0.3) is 16.7 Å². The van der Waals surface area contributed by atoms with E-state index in [4.69, 9.17) is 5.11 Å². The Morgan fingerprint density at radius 1 is 1.21 bits per heavy atom. The molecule has 0 amide bonds. The molecule has 0 fully saturated rings. The highest BCUT2D eigenvalue weighted by Gasteiger charge is 2.14. The molecule has 2 aromatic carbocycles. The predicted octanol–water partition coefficient (Wildman–Crippen LogP) is 2.72. The third-order valence-electron chi connectivity index (χ3n) is 2.76. The maximum absolute atomic E-state index is 11.1. The fraction of sp³-hybridized carbons (Fsp3) is 0. The molecule has 0 bridgehead atoms. The van der Waals surface area contributed by atoms with Crippen LogP contribution in [0.5, 0.6) is 0 Å². The molecule has 0 radical (unpaired) electrons. The normalized spacial score (nSPS) is 10.8. The Hall–Kier alpha value is -1.96. The van der Waals surface area contributed by atoms with Gasteiger partial charge in [-0.1, -0.05) is 17.3 Å². The first-order valence-electron chi connectivity index (χ1n) is 5.50. The molecule has 0 spiro atoms. The minimum Gasteiger partial charge on any atom is -0.478 e. The number of carboxylic acid groups (broad SMARTS) is 1. The second kappa shape index (κ2) is 4.61. The Bertz CT molecular complexity index is 782. The molecule has 1 heterocycles. The SMILES string of the molecule is O=C(O)c1cccc2c1nnn2-c1cccc(I)c1. The van der Waals surface area contributed by atoms with Gasteiger partial charge in [-0.2, -0.15) is 0 Å². The Kier molecular flexibility index (Phi) is 2.94. The van der Waals surface area contributed by atoms with Crippen molar-refractivity contribution >= 4 is 39.6 Å². The summed E-state index contributed by atoms with van der Waals surface area (Å²) in [6.45, 7) is 0. The lowest BCUT2D eigenvalue weighted by atomic mass is 10.2. The average molecular weight is 365 g/mol. The molecule has 0 aliphatic heterocycles. The van der Waals surface area contributed by atoms with Gasteiger partial charge in [0, 0.05) is 3.57 Å². The van der Waals surface area contributed by atoms with Gasteiger partial charge in [0.2, 0.25) is 0 Å². The van der Waals surface area contributed by atoms with Crippen LogP contribution in [0.15, 0.2) is 42.5 Å². The van der Waals surface area contributed by atoms with Crippen molar-refractivity contribution in [1.29, 1.82) is 0 Å². The van der Waals surface area contributed by atoms with Crippen molar-refractivity contribution in [3.63, 3.8) is 0 Å². The summed E-state index contributed by atoms with van der Waals surface area (Å²) >= 11 is 2.22. The summed E-state index contributed by atoms with van der Waals surface area (Å²) in [5.74, 6) is -1.000. The summed E-state index contributed by atoms with van der Waals surface area (Å²) < 4.78 is 2.72. The van der Waals surface area contributed by atoms with Gasteiger partial charge >= 0.3 is 5.97 Å². The molecule has 0 atom stereocenters. The van der Waals surface area contributed by atoms with Gasteiger partial charge in [0.25, 0.3) is 0 Å². The molecule has 3 aromatic rings. The summed E-state index contributed by atoms with van der Waals surface area (Å²) in [6, 6.07) is 12.8. The van der Waals surface area contributed by atoms with E-state index in [-0.39, 0.29) is 5.56 Å². The molecule has 1 N–H and O–H groups in total. The molecule has 0 saturated heterocycles. The van der Waals surface area contributed by atoms with Crippen molar-refractivity contribution in [3.8, 4) is 5.69 Å². The lowest BCUT2D eigenvalue weighted by Gasteiger charge is -2.02. The topological polar surface area (TPSA) is 68.0 Å². The van der Waals surface area contributed by atoms with Crippen LogP contribution in [0, 0.1) is 3.57 Å². The highest BCUT2D eigenvalue weighted by molar-refractivity contribution is 14.1. The minimum atomic E-state index is -1.000. The number of rotatable bonds is 2. The van der Waals surface area contributed by atoms with Gasteiger partial charge in [-0.3, -0.25) is 0 Å². The standard InChI is InChI=1S/C13H8IN3O2/c14-8-3-1-4-9(7-8)17-11-6-2-5-10(13(18)19)12(11)15-16-17/h1-7H,(H,18,19). The van der Waals surface area contributed by atoms with Gasteiger partial charge in [0.15, 0.2) is 0 Å². The lowest BCUT2D eigenvalue weighted by molar-refractivity contribution is 0.0699. The van der Waals surface area contributed by atoms with Crippen LogP contribution in [0.3, 0.4) is 0 Å². The van der Waals surface area contributed by atoms with Crippen LogP contribution < -0.4 is 0 Å². The first-order valence-corrected chi connectivity index (χ1v) is 6.58. The molecule has 6 heteroatoms. The Morgan fingerprint density at radius 3 is 2.74 bits per heavy atom. The quantitative estimate of drug-likeness (QED) is 0.710. The third-order valence-corrected chi connectivity index (χ3v) is 3.43. The molecule has 0 aliphatic rings. The smallest absolute Gasteiger partial charge is 0.338 e. The number of carbonyl (C=O) groups is 1. The van der Waals surface area contributed by atoms with Gasteiger partial charge in [-0.25, -0.2) is 9.48 Å². The summed E-state index contributed by atoms with van der Waals surface area (Å²) in [7, 11) is 0. The highest BCUT2D eigenvalue weighted by Crippen LogP contribution is 2.20. The van der Waals surface area contributed by atoms with E-state index in [1.54, 1.807) is 10.7 Å². The molecule has 19 heavy (non-hydrogen) atoms. The number of hydrogen-bond donors (Lipinski definition) is 1. The van der Waals surface area contributed by atoms with Gasteiger partial charge in [0.1, 0.15) is 5.52 Å². The number of fused-ring (bicyclic) bond motifs is 1. The maximum atomic E-state index is 11.1. The van der Waals surface area contributed by atoms with E-state index in [9.17, 15) is 4.79 Å². The highest BCUT2D eigenvalue weighted by atomic mass is 127. The van der Waals surface area contributed by atoms with Crippen LogP contribution in [0.4, 0.5) is 0 Å². The number of carboxylic acids is 1. The first-order chi connectivity index (χ1) is 9.16. The largest absolute Gasteiger partial charge is 0.478 e. The third kappa shape index (κ3) is 2.07. The number of benzene rings is 2. The van der Waals surface area contributed by atoms with Gasteiger partial charge in [-0.15, -0.1) is 5.10 Å². The number of halogens is 1. The Labute approximate surface area is 122 Å². The number of aromatic nitrogens is 3. The van der Waals surface area contributed by atoms with Crippen molar-refractivity contribution in [2.24, 2.45) is 0 Å². The Balaban J connectivity index is 2.27.